The molecule has 3 aliphatic rings. The third-order valence-electron chi connectivity index (χ3n) is 8.44. The maximum atomic E-state index is 13.8. The quantitative estimate of drug-likeness (QED) is 0.459. The summed E-state index contributed by atoms with van der Waals surface area (Å²) >= 11 is 0. The SMILES string of the molecule is N#C[C@@H](N[C@@H](CO)c1ccccc1)[C@@H]1[C@H](CC2c3ccccc3Oc3ccccc32)[C@H]1C(=O)N1CCOCC1. The number of hydrogen-bond acceptors (Lipinski definition) is 6. The van der Waals surface area contributed by atoms with Crippen molar-refractivity contribution in [3.63, 3.8) is 0 Å². The first-order valence-corrected chi connectivity index (χ1v) is 13.7. The number of benzene rings is 3. The van der Waals surface area contributed by atoms with Crippen LogP contribution in [-0.4, -0.2) is 54.9 Å². The molecule has 3 aromatic carbocycles. The van der Waals surface area contributed by atoms with Crippen LogP contribution < -0.4 is 10.1 Å². The van der Waals surface area contributed by atoms with Crippen molar-refractivity contribution in [1.29, 1.82) is 5.26 Å². The molecule has 200 valence electrons. The van der Waals surface area contributed by atoms with Crippen LogP contribution in [0.1, 0.15) is 35.1 Å². The average Bonchev–Trinajstić information content (AvgIpc) is 3.71. The standard InChI is InChI=1S/C32H33N3O4/c33-19-26(34-27(20-36)21-8-2-1-3-9-21)30-25(31(30)32(37)35-14-16-38-17-15-35)18-24-22-10-4-6-12-28(22)39-29-13-7-5-11-23(24)29/h1-13,24-27,30-31,34,36H,14-18,20H2/t25-,26+,27-,30-,31+/m0/s1. The predicted molar refractivity (Wildman–Crippen MR) is 146 cm³/mol. The van der Waals surface area contributed by atoms with Gasteiger partial charge in [0.05, 0.1) is 38.0 Å². The van der Waals surface area contributed by atoms with Crippen LogP contribution in [-0.2, 0) is 9.53 Å². The molecule has 5 atom stereocenters. The van der Waals surface area contributed by atoms with Gasteiger partial charge >= 0.3 is 0 Å². The average molecular weight is 524 g/mol. The molecule has 1 amide bonds. The summed E-state index contributed by atoms with van der Waals surface area (Å²) in [6.45, 7) is 2.09. The van der Waals surface area contributed by atoms with E-state index in [0.717, 1.165) is 34.6 Å². The van der Waals surface area contributed by atoms with Crippen molar-refractivity contribution in [3.8, 4) is 17.6 Å². The minimum atomic E-state index is -0.576. The Bertz CT molecular complexity index is 1310. The Balaban J connectivity index is 1.30. The molecule has 0 spiro atoms. The van der Waals surface area contributed by atoms with Crippen molar-refractivity contribution in [1.82, 2.24) is 10.2 Å². The van der Waals surface area contributed by atoms with Crippen molar-refractivity contribution in [2.75, 3.05) is 32.9 Å². The molecule has 7 heteroatoms. The van der Waals surface area contributed by atoms with Crippen molar-refractivity contribution < 1.29 is 19.4 Å². The van der Waals surface area contributed by atoms with Crippen LogP contribution in [0, 0.1) is 29.1 Å². The fraction of sp³-hybridized carbons (Fsp3) is 0.375. The van der Waals surface area contributed by atoms with Gasteiger partial charge in [-0.25, -0.2) is 0 Å². The van der Waals surface area contributed by atoms with Gasteiger partial charge < -0.3 is 19.5 Å². The zero-order valence-corrected chi connectivity index (χ0v) is 21.8. The molecule has 7 nitrogen and oxygen atoms in total. The second kappa shape index (κ2) is 11.2. The highest BCUT2D eigenvalue weighted by molar-refractivity contribution is 5.83. The van der Waals surface area contributed by atoms with E-state index in [2.05, 4.69) is 23.5 Å². The van der Waals surface area contributed by atoms with Crippen LogP contribution in [0.5, 0.6) is 11.5 Å². The second-order valence-electron chi connectivity index (χ2n) is 10.6. The topological polar surface area (TPSA) is 94.8 Å². The van der Waals surface area contributed by atoms with Gasteiger partial charge in [-0.2, -0.15) is 5.26 Å². The Morgan fingerprint density at radius 1 is 0.974 bits per heavy atom. The van der Waals surface area contributed by atoms with Gasteiger partial charge in [-0.1, -0.05) is 66.7 Å². The van der Waals surface area contributed by atoms with Gasteiger partial charge in [0.1, 0.15) is 11.5 Å². The first-order chi connectivity index (χ1) is 19.2. The van der Waals surface area contributed by atoms with E-state index in [0.29, 0.717) is 26.3 Å². The van der Waals surface area contributed by atoms with Gasteiger partial charge in [-0.3, -0.25) is 10.1 Å². The van der Waals surface area contributed by atoms with Crippen LogP contribution in [0.15, 0.2) is 78.9 Å². The van der Waals surface area contributed by atoms with Crippen molar-refractivity contribution in [2.45, 2.75) is 24.4 Å². The number of nitrogens with one attached hydrogen (secondary N) is 1. The molecule has 2 N–H and O–H groups in total. The molecule has 1 saturated carbocycles. The van der Waals surface area contributed by atoms with Crippen LogP contribution >= 0.6 is 0 Å². The molecule has 2 heterocycles. The number of aliphatic hydroxyl groups excluding tert-OH is 1. The summed E-state index contributed by atoms with van der Waals surface area (Å²) in [5.41, 5.74) is 3.14. The van der Waals surface area contributed by atoms with Crippen molar-refractivity contribution >= 4 is 5.91 Å². The van der Waals surface area contributed by atoms with E-state index < -0.39 is 6.04 Å². The Kier molecular flexibility index (Phi) is 7.34. The minimum absolute atomic E-state index is 0.0109. The normalized spacial score (nSPS) is 23.5. The summed E-state index contributed by atoms with van der Waals surface area (Å²) in [6, 6.07) is 27.3. The fourth-order valence-electron chi connectivity index (χ4n) is 6.43. The molecule has 1 aliphatic carbocycles. The van der Waals surface area contributed by atoms with Crippen LogP contribution in [0.3, 0.4) is 0 Å². The lowest BCUT2D eigenvalue weighted by molar-refractivity contribution is -0.137. The number of amides is 1. The van der Waals surface area contributed by atoms with Crippen molar-refractivity contribution in [3.05, 3.63) is 95.6 Å². The van der Waals surface area contributed by atoms with Crippen LogP contribution in [0.4, 0.5) is 0 Å². The van der Waals surface area contributed by atoms with Gasteiger partial charge in [0.2, 0.25) is 5.91 Å². The molecular weight excluding hydrogens is 490 g/mol. The number of fused-ring (bicyclic) bond motifs is 2. The lowest BCUT2D eigenvalue weighted by Gasteiger charge is -2.29. The molecule has 0 bridgehead atoms. The van der Waals surface area contributed by atoms with Gasteiger partial charge in [0.15, 0.2) is 0 Å². The summed E-state index contributed by atoms with van der Waals surface area (Å²) in [6.07, 6.45) is 0.734. The summed E-state index contributed by atoms with van der Waals surface area (Å²) < 4.78 is 11.7. The number of carbonyl (C=O) groups is 1. The fourth-order valence-corrected chi connectivity index (χ4v) is 6.43. The number of ether oxygens (including phenoxy) is 2. The molecule has 2 aliphatic heterocycles. The Labute approximate surface area is 229 Å². The number of aliphatic hydroxyl groups is 1. The molecule has 2 fully saturated rings. The first kappa shape index (κ1) is 25.6. The van der Waals surface area contributed by atoms with E-state index in [9.17, 15) is 15.2 Å². The predicted octanol–water partition coefficient (Wildman–Crippen LogP) is 4.25. The summed E-state index contributed by atoms with van der Waals surface area (Å²) in [5, 5.41) is 23.9. The lowest BCUT2D eigenvalue weighted by atomic mass is 9.83. The molecule has 0 aromatic heterocycles. The highest BCUT2D eigenvalue weighted by atomic mass is 16.5. The van der Waals surface area contributed by atoms with E-state index in [1.807, 2.05) is 71.6 Å². The van der Waals surface area contributed by atoms with Gasteiger partial charge in [0, 0.05) is 42.0 Å². The molecule has 0 unspecified atom stereocenters. The number of hydrogen-bond donors (Lipinski definition) is 2. The maximum Gasteiger partial charge on any atom is 0.226 e. The van der Waals surface area contributed by atoms with E-state index in [4.69, 9.17) is 9.47 Å². The largest absolute Gasteiger partial charge is 0.457 e. The highest BCUT2D eigenvalue weighted by Gasteiger charge is 2.60. The molecule has 3 aromatic rings. The lowest BCUT2D eigenvalue weighted by Crippen LogP contribution is -2.43. The van der Waals surface area contributed by atoms with Crippen molar-refractivity contribution in [2.24, 2.45) is 17.8 Å². The van der Waals surface area contributed by atoms with Crippen LogP contribution in [0.25, 0.3) is 0 Å². The number of nitriles is 1. The van der Waals surface area contributed by atoms with E-state index in [-0.39, 0.29) is 42.2 Å². The zero-order chi connectivity index (χ0) is 26.8. The Morgan fingerprint density at radius 3 is 2.21 bits per heavy atom. The molecule has 1 saturated heterocycles. The maximum absolute atomic E-state index is 13.8. The molecular formula is C32H33N3O4. The monoisotopic (exact) mass is 523 g/mol. The third kappa shape index (κ3) is 5.04. The summed E-state index contributed by atoms with van der Waals surface area (Å²) in [4.78, 5) is 15.7. The zero-order valence-electron chi connectivity index (χ0n) is 21.8. The molecule has 39 heavy (non-hydrogen) atoms. The molecule has 6 rings (SSSR count). The smallest absolute Gasteiger partial charge is 0.226 e. The van der Waals surface area contributed by atoms with E-state index in [1.54, 1.807) is 0 Å². The second-order valence-corrected chi connectivity index (χ2v) is 10.6. The Morgan fingerprint density at radius 2 is 1.59 bits per heavy atom. The van der Waals surface area contributed by atoms with E-state index >= 15 is 0 Å². The molecule has 0 radical (unpaired) electrons. The summed E-state index contributed by atoms with van der Waals surface area (Å²) in [5.74, 6) is 1.43. The number of rotatable bonds is 8. The van der Waals surface area contributed by atoms with Gasteiger partial charge in [-0.05, 0) is 30.0 Å². The van der Waals surface area contributed by atoms with E-state index in [1.165, 1.54) is 0 Å². The van der Waals surface area contributed by atoms with Gasteiger partial charge in [-0.15, -0.1) is 0 Å². The number of nitrogens with zero attached hydrogens (tertiary/aromatic N) is 2. The number of carbonyl (C=O) groups excluding carboxylic acids is 1. The van der Waals surface area contributed by atoms with Crippen LogP contribution in [0.2, 0.25) is 0 Å². The Hall–Kier alpha value is -3.70. The minimum Gasteiger partial charge on any atom is -0.457 e. The summed E-state index contributed by atoms with van der Waals surface area (Å²) in [7, 11) is 0. The third-order valence-corrected chi connectivity index (χ3v) is 8.44. The number of para-hydroxylation sites is 2. The highest BCUT2D eigenvalue weighted by Crippen LogP contribution is 2.57. The first-order valence-electron chi connectivity index (χ1n) is 13.7. The number of morpholine rings is 1. The van der Waals surface area contributed by atoms with Gasteiger partial charge in [0.25, 0.3) is 0 Å².